The molecule has 2 rings (SSSR count). The number of halogens is 1. The minimum atomic E-state index is -1.34. The van der Waals surface area contributed by atoms with Gasteiger partial charge >= 0.3 is 6.09 Å². The van der Waals surface area contributed by atoms with E-state index >= 15 is 0 Å². The Morgan fingerprint density at radius 2 is 1.79 bits per heavy atom. The van der Waals surface area contributed by atoms with Crippen molar-refractivity contribution < 1.29 is 23.8 Å². The van der Waals surface area contributed by atoms with Crippen LogP contribution in [0.4, 0.5) is 14.9 Å². The van der Waals surface area contributed by atoms with E-state index in [4.69, 9.17) is 9.84 Å². The molecule has 150 valence electrons. The number of nitrogens with one attached hydrogen (secondary N) is 2. The zero-order valence-corrected chi connectivity index (χ0v) is 16.4. The van der Waals surface area contributed by atoms with Crippen molar-refractivity contribution in [3.8, 4) is 0 Å². The van der Waals surface area contributed by atoms with Gasteiger partial charge in [-0.05, 0) is 34.2 Å². The molecule has 2 aromatic carbocycles. The first-order valence-corrected chi connectivity index (χ1v) is 8.80. The van der Waals surface area contributed by atoms with Crippen LogP contribution in [0, 0.1) is 5.82 Å². The van der Waals surface area contributed by atoms with Gasteiger partial charge in [-0.15, -0.1) is 0 Å². The van der Waals surface area contributed by atoms with Crippen molar-refractivity contribution in [2.24, 2.45) is 0 Å². The van der Waals surface area contributed by atoms with E-state index in [1.807, 2.05) is 20.8 Å². The summed E-state index contributed by atoms with van der Waals surface area (Å²) in [5.74, 6) is -1.04. The predicted molar refractivity (Wildman–Crippen MR) is 105 cm³/mol. The summed E-state index contributed by atoms with van der Waals surface area (Å²) >= 11 is 0. The summed E-state index contributed by atoms with van der Waals surface area (Å²) in [4.78, 5) is 23.8. The monoisotopic (exact) mass is 388 g/mol. The molecule has 0 spiro atoms. The van der Waals surface area contributed by atoms with Crippen molar-refractivity contribution >= 4 is 17.7 Å². The van der Waals surface area contributed by atoms with Gasteiger partial charge in [0.2, 0.25) is 0 Å². The van der Waals surface area contributed by atoms with Gasteiger partial charge in [0.25, 0.3) is 5.91 Å². The Hall–Kier alpha value is -2.93. The van der Waals surface area contributed by atoms with Crippen molar-refractivity contribution in [3.63, 3.8) is 0 Å². The van der Waals surface area contributed by atoms with Crippen LogP contribution >= 0.6 is 0 Å². The molecule has 0 saturated carbocycles. The fourth-order valence-electron chi connectivity index (χ4n) is 2.81. The zero-order chi connectivity index (χ0) is 20.9. The van der Waals surface area contributed by atoms with Crippen LogP contribution in [0.1, 0.15) is 43.5 Å². The normalized spacial score (nSPS) is 12.3. The summed E-state index contributed by atoms with van der Waals surface area (Å²) in [6, 6.07) is 10.1. The van der Waals surface area contributed by atoms with Gasteiger partial charge in [-0.2, -0.15) is 0 Å². The molecular weight excluding hydrogens is 363 g/mol. The van der Waals surface area contributed by atoms with Crippen LogP contribution in [0.15, 0.2) is 42.5 Å². The summed E-state index contributed by atoms with van der Waals surface area (Å²) in [7, 11) is 1.57. The zero-order valence-electron chi connectivity index (χ0n) is 16.4. The second-order valence-electron chi connectivity index (χ2n) is 7.49. The van der Waals surface area contributed by atoms with Crippen molar-refractivity contribution in [2.45, 2.75) is 38.8 Å². The highest BCUT2D eigenvalue weighted by Crippen LogP contribution is 2.27. The van der Waals surface area contributed by atoms with Crippen molar-refractivity contribution in [2.75, 3.05) is 12.4 Å². The van der Waals surface area contributed by atoms with Gasteiger partial charge in [-0.25, -0.2) is 9.18 Å². The molecule has 0 aliphatic rings. The molecule has 0 aliphatic heterocycles. The van der Waals surface area contributed by atoms with Crippen LogP contribution in [0.2, 0.25) is 0 Å². The van der Waals surface area contributed by atoms with E-state index in [-0.39, 0.29) is 11.1 Å². The average molecular weight is 388 g/mol. The smallest absolute Gasteiger partial charge is 0.405 e. The average Bonchev–Trinajstić information content (AvgIpc) is 2.59. The van der Waals surface area contributed by atoms with Crippen molar-refractivity contribution in [3.05, 3.63) is 65.0 Å². The third-order valence-corrected chi connectivity index (χ3v) is 4.20. The molecule has 1 unspecified atom stereocenters. The topological polar surface area (TPSA) is 87.7 Å². The summed E-state index contributed by atoms with van der Waals surface area (Å²) in [5.41, 5.74) is 1.76. The predicted octanol–water partition coefficient (Wildman–Crippen LogP) is 4.22. The number of rotatable bonds is 6. The second-order valence-corrected chi connectivity index (χ2v) is 7.49. The number of carboxylic acid groups (broad SMARTS) is 1. The Morgan fingerprint density at radius 1 is 1.14 bits per heavy atom. The van der Waals surface area contributed by atoms with Crippen LogP contribution < -0.4 is 10.6 Å². The first-order valence-electron chi connectivity index (χ1n) is 8.80. The molecule has 0 radical (unpaired) electrons. The van der Waals surface area contributed by atoms with Gasteiger partial charge in [-0.1, -0.05) is 51.1 Å². The molecule has 0 heterocycles. The number of hydrogen-bond acceptors (Lipinski definition) is 3. The van der Waals surface area contributed by atoms with Gasteiger partial charge in [-0.3, -0.25) is 4.79 Å². The Bertz CT molecular complexity index is 844. The van der Waals surface area contributed by atoms with Crippen LogP contribution in [-0.2, 0) is 21.6 Å². The Labute approximate surface area is 163 Å². The highest BCUT2D eigenvalue weighted by atomic mass is 19.1. The van der Waals surface area contributed by atoms with Crippen molar-refractivity contribution in [1.29, 1.82) is 0 Å². The lowest BCUT2D eigenvalue weighted by atomic mass is 9.86. The molecule has 28 heavy (non-hydrogen) atoms. The van der Waals surface area contributed by atoms with Crippen LogP contribution in [-0.4, -0.2) is 24.2 Å². The quantitative estimate of drug-likeness (QED) is 0.691. The highest BCUT2D eigenvalue weighted by Gasteiger charge is 2.24. The number of hydrogen-bond donors (Lipinski definition) is 3. The van der Waals surface area contributed by atoms with Gasteiger partial charge in [0.1, 0.15) is 11.9 Å². The van der Waals surface area contributed by atoms with E-state index in [2.05, 4.69) is 10.6 Å². The lowest BCUT2D eigenvalue weighted by Gasteiger charge is -2.21. The molecule has 0 aromatic heterocycles. The minimum Gasteiger partial charge on any atom is -0.465 e. The summed E-state index contributed by atoms with van der Waals surface area (Å²) in [6.45, 7) is 6.08. The molecule has 0 bridgehead atoms. The molecular formula is C21H25FN2O4. The number of anilines is 1. The number of benzene rings is 2. The Kier molecular flexibility index (Phi) is 6.75. The number of amides is 2. The minimum absolute atomic E-state index is 0.253. The maximum atomic E-state index is 14.4. The number of carbonyl (C=O) groups is 2. The van der Waals surface area contributed by atoms with E-state index in [9.17, 15) is 14.0 Å². The van der Waals surface area contributed by atoms with Crippen LogP contribution in [0.3, 0.4) is 0 Å². The standard InChI is InChI=1S/C21H25FN2O4/c1-21(2,3)16-10-9-15(11-17(16)22)23-19(25)18(24-20(26)27)14-7-5-13(6-8-14)12-28-4/h5-11,18,24H,12H2,1-4H3,(H,23,25)(H,26,27). The fraction of sp³-hybridized carbons (Fsp3) is 0.333. The first kappa shape index (κ1) is 21.4. The molecule has 2 aromatic rings. The Balaban J connectivity index is 2.23. The maximum absolute atomic E-state index is 14.4. The van der Waals surface area contributed by atoms with Crippen molar-refractivity contribution in [1.82, 2.24) is 5.32 Å². The van der Waals surface area contributed by atoms with E-state index in [1.165, 1.54) is 6.07 Å². The van der Waals surface area contributed by atoms with Crippen LogP contribution in [0.25, 0.3) is 0 Å². The lowest BCUT2D eigenvalue weighted by Crippen LogP contribution is -2.36. The van der Waals surface area contributed by atoms with E-state index < -0.39 is 23.9 Å². The summed E-state index contributed by atoms with van der Waals surface area (Å²) < 4.78 is 19.4. The van der Waals surface area contributed by atoms with Gasteiger partial charge in [0.15, 0.2) is 0 Å². The molecule has 0 fully saturated rings. The van der Waals surface area contributed by atoms with Gasteiger partial charge < -0.3 is 20.5 Å². The Morgan fingerprint density at radius 3 is 2.29 bits per heavy atom. The van der Waals surface area contributed by atoms with E-state index in [0.717, 1.165) is 5.56 Å². The summed E-state index contributed by atoms with van der Waals surface area (Å²) in [5, 5.41) is 13.9. The van der Waals surface area contributed by atoms with Gasteiger partial charge in [0, 0.05) is 12.8 Å². The fourth-order valence-corrected chi connectivity index (χ4v) is 2.81. The SMILES string of the molecule is COCc1ccc(C(NC(=O)O)C(=O)Nc2ccc(C(C)(C)C)c(F)c2)cc1. The van der Waals surface area contributed by atoms with Crippen LogP contribution in [0.5, 0.6) is 0 Å². The third-order valence-electron chi connectivity index (χ3n) is 4.20. The third kappa shape index (κ3) is 5.53. The molecule has 0 aliphatic carbocycles. The van der Waals surface area contributed by atoms with E-state index in [1.54, 1.807) is 43.5 Å². The molecule has 7 heteroatoms. The highest BCUT2D eigenvalue weighted by molar-refractivity contribution is 5.97. The number of carbonyl (C=O) groups excluding carboxylic acids is 1. The number of ether oxygens (including phenoxy) is 1. The molecule has 2 amide bonds. The molecule has 3 N–H and O–H groups in total. The van der Waals surface area contributed by atoms with E-state index in [0.29, 0.717) is 17.7 Å². The largest absolute Gasteiger partial charge is 0.465 e. The molecule has 1 atom stereocenters. The first-order chi connectivity index (χ1) is 13.1. The molecule has 6 nitrogen and oxygen atoms in total. The molecule has 0 saturated heterocycles. The second kappa shape index (κ2) is 8.84. The summed E-state index contributed by atoms with van der Waals surface area (Å²) in [6.07, 6.45) is -1.34. The number of methoxy groups -OCH3 is 1. The maximum Gasteiger partial charge on any atom is 0.405 e. The lowest BCUT2D eigenvalue weighted by molar-refractivity contribution is -0.118. The van der Waals surface area contributed by atoms with Gasteiger partial charge in [0.05, 0.1) is 6.61 Å².